The van der Waals surface area contributed by atoms with Crippen LogP contribution in [-0.2, 0) is 9.47 Å². The van der Waals surface area contributed by atoms with Crippen molar-refractivity contribution in [3.63, 3.8) is 0 Å². The zero-order valence-corrected chi connectivity index (χ0v) is 12.6. The summed E-state index contributed by atoms with van der Waals surface area (Å²) in [5.74, 6) is 1.73. The van der Waals surface area contributed by atoms with E-state index in [4.69, 9.17) is 15.2 Å². The Morgan fingerprint density at radius 2 is 1.75 bits per heavy atom. The van der Waals surface area contributed by atoms with E-state index in [9.17, 15) is 0 Å². The number of nitrogens with zero attached hydrogens (tertiary/aromatic N) is 3. The molecule has 0 saturated carbocycles. The molecule has 1 heterocycles. The Balaban J connectivity index is 2.75. The highest BCUT2D eigenvalue weighted by molar-refractivity contribution is 5.52. The van der Waals surface area contributed by atoms with Crippen LogP contribution in [0.25, 0.3) is 0 Å². The van der Waals surface area contributed by atoms with Crippen molar-refractivity contribution in [2.75, 3.05) is 62.5 Å². The number of hydrogen-bond donors (Lipinski definition) is 2. The molecule has 7 heteroatoms. The first kappa shape index (κ1) is 16.5. The third-order valence-corrected chi connectivity index (χ3v) is 2.73. The summed E-state index contributed by atoms with van der Waals surface area (Å²) < 4.78 is 10.8. The molecule has 20 heavy (non-hydrogen) atoms. The highest BCUT2D eigenvalue weighted by atomic mass is 16.5. The number of rotatable bonds is 10. The van der Waals surface area contributed by atoms with E-state index in [0.717, 1.165) is 18.9 Å². The molecular formula is C13H25N5O2. The van der Waals surface area contributed by atoms with Gasteiger partial charge in [0.05, 0.1) is 13.2 Å². The minimum Gasteiger partial charge on any atom is -0.380 e. The van der Waals surface area contributed by atoms with Crippen LogP contribution in [0.3, 0.4) is 0 Å². The monoisotopic (exact) mass is 283 g/mol. The first-order chi connectivity index (χ1) is 9.71. The highest BCUT2D eigenvalue weighted by Gasteiger charge is 2.10. The fourth-order valence-corrected chi connectivity index (χ4v) is 1.72. The summed E-state index contributed by atoms with van der Waals surface area (Å²) in [7, 11) is 1.80. The van der Waals surface area contributed by atoms with Crippen LogP contribution < -0.4 is 16.0 Å². The van der Waals surface area contributed by atoms with E-state index in [2.05, 4.69) is 20.2 Å². The molecule has 3 N–H and O–H groups in total. The lowest BCUT2D eigenvalue weighted by molar-refractivity contribution is 0.141. The largest absolute Gasteiger partial charge is 0.380 e. The van der Waals surface area contributed by atoms with Crippen molar-refractivity contribution in [2.24, 2.45) is 0 Å². The highest BCUT2D eigenvalue weighted by Crippen LogP contribution is 2.16. The van der Waals surface area contributed by atoms with Gasteiger partial charge < -0.3 is 25.4 Å². The zero-order chi connectivity index (χ0) is 14.8. The van der Waals surface area contributed by atoms with Gasteiger partial charge in [-0.2, -0.15) is 9.97 Å². The van der Waals surface area contributed by atoms with E-state index in [1.54, 1.807) is 7.05 Å². The lowest BCUT2D eigenvalue weighted by atomic mass is 10.4. The molecular weight excluding hydrogens is 258 g/mol. The van der Waals surface area contributed by atoms with Gasteiger partial charge in [-0.15, -0.1) is 0 Å². The van der Waals surface area contributed by atoms with Gasteiger partial charge in [-0.1, -0.05) is 0 Å². The van der Waals surface area contributed by atoms with E-state index in [1.165, 1.54) is 0 Å². The number of hydrogen-bond acceptors (Lipinski definition) is 7. The number of aromatic nitrogens is 2. The van der Waals surface area contributed by atoms with Crippen LogP contribution in [0.1, 0.15) is 13.8 Å². The van der Waals surface area contributed by atoms with Crippen LogP contribution in [0.15, 0.2) is 6.07 Å². The zero-order valence-electron chi connectivity index (χ0n) is 12.6. The van der Waals surface area contributed by atoms with Crippen molar-refractivity contribution in [1.29, 1.82) is 0 Å². The Hall–Kier alpha value is -1.60. The predicted molar refractivity (Wildman–Crippen MR) is 81.2 cm³/mol. The van der Waals surface area contributed by atoms with Gasteiger partial charge in [0.25, 0.3) is 0 Å². The molecule has 0 radical (unpaired) electrons. The van der Waals surface area contributed by atoms with Crippen LogP contribution in [0, 0.1) is 0 Å². The molecule has 0 bridgehead atoms. The molecule has 0 amide bonds. The molecule has 0 saturated heterocycles. The summed E-state index contributed by atoms with van der Waals surface area (Å²) in [6.07, 6.45) is 0. The quantitative estimate of drug-likeness (QED) is 0.619. The molecule has 1 aromatic heterocycles. The van der Waals surface area contributed by atoms with Crippen LogP contribution in [-0.4, -0.2) is 56.5 Å². The Morgan fingerprint density at radius 1 is 1.15 bits per heavy atom. The third kappa shape index (κ3) is 5.58. The predicted octanol–water partition coefficient (Wildman–Crippen LogP) is 0.980. The summed E-state index contributed by atoms with van der Waals surface area (Å²) in [4.78, 5) is 10.5. The maximum Gasteiger partial charge on any atom is 0.223 e. The van der Waals surface area contributed by atoms with E-state index >= 15 is 0 Å². The average Bonchev–Trinajstić information content (AvgIpc) is 2.45. The molecule has 0 unspecified atom stereocenters. The molecule has 7 nitrogen and oxygen atoms in total. The van der Waals surface area contributed by atoms with Gasteiger partial charge in [0.1, 0.15) is 11.6 Å². The van der Waals surface area contributed by atoms with Gasteiger partial charge in [0.2, 0.25) is 5.95 Å². The van der Waals surface area contributed by atoms with E-state index in [-0.39, 0.29) is 5.95 Å². The van der Waals surface area contributed by atoms with Crippen LogP contribution >= 0.6 is 0 Å². The van der Waals surface area contributed by atoms with E-state index in [1.807, 2.05) is 19.9 Å². The molecule has 0 aromatic carbocycles. The lowest BCUT2D eigenvalue weighted by Crippen LogP contribution is -2.32. The smallest absolute Gasteiger partial charge is 0.223 e. The molecule has 0 aliphatic carbocycles. The number of anilines is 3. The second-order valence-electron chi connectivity index (χ2n) is 4.10. The van der Waals surface area contributed by atoms with Crippen molar-refractivity contribution in [2.45, 2.75) is 13.8 Å². The fraction of sp³-hybridized carbons (Fsp3) is 0.692. The van der Waals surface area contributed by atoms with Gasteiger partial charge in [0, 0.05) is 39.4 Å². The summed E-state index contributed by atoms with van der Waals surface area (Å²) in [5, 5.41) is 2.98. The van der Waals surface area contributed by atoms with Crippen LogP contribution in [0.4, 0.5) is 17.6 Å². The Bertz CT molecular complexity index is 379. The van der Waals surface area contributed by atoms with Crippen molar-refractivity contribution >= 4 is 17.6 Å². The molecule has 114 valence electrons. The normalized spacial score (nSPS) is 10.6. The topological polar surface area (TPSA) is 85.5 Å². The van der Waals surface area contributed by atoms with Crippen molar-refractivity contribution in [3.05, 3.63) is 6.07 Å². The van der Waals surface area contributed by atoms with Crippen molar-refractivity contribution in [3.8, 4) is 0 Å². The first-order valence-electron chi connectivity index (χ1n) is 6.94. The number of ether oxygens (including phenoxy) is 2. The molecule has 0 aliphatic rings. The van der Waals surface area contributed by atoms with Crippen molar-refractivity contribution in [1.82, 2.24) is 9.97 Å². The summed E-state index contributed by atoms with van der Waals surface area (Å²) in [6, 6.07) is 1.87. The minimum atomic E-state index is 0.254. The maximum absolute atomic E-state index is 5.73. The van der Waals surface area contributed by atoms with Gasteiger partial charge in [-0.05, 0) is 13.8 Å². The molecule has 0 spiro atoms. The lowest BCUT2D eigenvalue weighted by Gasteiger charge is -2.24. The van der Waals surface area contributed by atoms with Gasteiger partial charge >= 0.3 is 0 Å². The maximum atomic E-state index is 5.73. The Kier molecular flexibility index (Phi) is 7.67. The Labute approximate surface area is 120 Å². The summed E-state index contributed by atoms with van der Waals surface area (Å²) >= 11 is 0. The van der Waals surface area contributed by atoms with Crippen LogP contribution in [0.5, 0.6) is 0 Å². The van der Waals surface area contributed by atoms with Crippen molar-refractivity contribution < 1.29 is 9.47 Å². The van der Waals surface area contributed by atoms with Gasteiger partial charge in [0.15, 0.2) is 0 Å². The summed E-state index contributed by atoms with van der Waals surface area (Å²) in [5.41, 5.74) is 5.73. The number of nitrogens with one attached hydrogen (secondary N) is 1. The second-order valence-corrected chi connectivity index (χ2v) is 4.10. The fourth-order valence-electron chi connectivity index (χ4n) is 1.72. The SMILES string of the molecule is CCOCCN(CCOCC)c1cc(NC)nc(N)n1. The van der Waals surface area contributed by atoms with Gasteiger partial charge in [-0.3, -0.25) is 0 Å². The Morgan fingerprint density at radius 3 is 2.25 bits per heavy atom. The number of nitrogens with two attached hydrogens (primary N) is 1. The van der Waals surface area contributed by atoms with Crippen LogP contribution in [0.2, 0.25) is 0 Å². The third-order valence-electron chi connectivity index (χ3n) is 2.73. The second kappa shape index (κ2) is 9.33. The van der Waals surface area contributed by atoms with E-state index < -0.39 is 0 Å². The standard InChI is InChI=1S/C13H25N5O2/c1-4-19-8-6-18(7-9-20-5-2)12-10-11(15-3)16-13(14)17-12/h10H,4-9H2,1-3H3,(H3,14,15,16,17). The first-order valence-corrected chi connectivity index (χ1v) is 6.94. The molecule has 1 aromatic rings. The molecule has 0 aliphatic heterocycles. The average molecular weight is 283 g/mol. The summed E-state index contributed by atoms with van der Waals surface area (Å²) in [6.45, 7) is 8.11. The molecule has 0 fully saturated rings. The van der Waals surface area contributed by atoms with E-state index in [0.29, 0.717) is 32.2 Å². The molecule has 1 rings (SSSR count). The minimum absolute atomic E-state index is 0.254. The molecule has 0 atom stereocenters. The number of nitrogen functional groups attached to an aromatic ring is 1. The van der Waals surface area contributed by atoms with Gasteiger partial charge in [-0.25, -0.2) is 0 Å².